The van der Waals surface area contributed by atoms with Crippen molar-refractivity contribution in [2.24, 2.45) is 7.05 Å². The lowest BCUT2D eigenvalue weighted by atomic mass is 10.0. The summed E-state index contributed by atoms with van der Waals surface area (Å²) in [5.41, 5.74) is 1.98. The predicted molar refractivity (Wildman–Crippen MR) is 113 cm³/mol. The van der Waals surface area contributed by atoms with Gasteiger partial charge in [0, 0.05) is 48.3 Å². The van der Waals surface area contributed by atoms with Crippen molar-refractivity contribution in [2.45, 2.75) is 23.8 Å². The Morgan fingerprint density at radius 3 is 2.69 bits per heavy atom. The third-order valence-corrected chi connectivity index (χ3v) is 6.78. The molecule has 4 rings (SSSR count). The molecule has 1 saturated heterocycles. The summed E-state index contributed by atoms with van der Waals surface area (Å²) < 4.78 is 31.9. The van der Waals surface area contributed by atoms with E-state index in [0.29, 0.717) is 23.9 Å². The van der Waals surface area contributed by atoms with E-state index in [9.17, 15) is 13.2 Å². The summed E-state index contributed by atoms with van der Waals surface area (Å²) in [4.78, 5) is 17.9. The zero-order valence-corrected chi connectivity index (χ0v) is 17.6. The molecule has 1 fully saturated rings. The quantitative estimate of drug-likeness (QED) is 0.692. The number of nitrogens with one attached hydrogen (secondary N) is 1. The van der Waals surface area contributed by atoms with Crippen molar-refractivity contribution in [3.8, 4) is 16.9 Å². The average Bonchev–Trinajstić information content (AvgIpc) is 3.31. The Labute approximate surface area is 169 Å². The van der Waals surface area contributed by atoms with E-state index in [-0.39, 0.29) is 10.5 Å². The van der Waals surface area contributed by atoms with Crippen LogP contribution in [0.1, 0.15) is 12.8 Å². The fourth-order valence-electron chi connectivity index (χ4n) is 3.93. The number of ether oxygens (including phenoxy) is 1. The maximum Gasteiger partial charge on any atom is 0.274 e. The monoisotopic (exact) mass is 415 g/mol. The molecule has 0 aliphatic carbocycles. The molecule has 0 bridgehead atoms. The third-order valence-electron chi connectivity index (χ3n) is 5.67. The maximum atomic E-state index is 12.4. The molecule has 29 heavy (non-hydrogen) atoms. The standard InChI is InChI=1S/C21H25N3O4S/c1-23-10-4-5-14(23)13-28-19-11-15(29(3,26)27)6-7-16(19)18-12-24(2)21(25)20-17(18)8-9-22-20/h6-9,11-12,14,22H,4-5,10,13H2,1-3H3/t14-/m0/s1. The molecule has 0 unspecified atom stereocenters. The summed E-state index contributed by atoms with van der Waals surface area (Å²) in [5, 5.41) is 0.781. The number of hydrogen-bond donors (Lipinski definition) is 1. The van der Waals surface area contributed by atoms with E-state index < -0.39 is 9.84 Å². The fourth-order valence-corrected chi connectivity index (χ4v) is 4.57. The Morgan fingerprint density at radius 1 is 1.21 bits per heavy atom. The van der Waals surface area contributed by atoms with Crippen LogP contribution >= 0.6 is 0 Å². The van der Waals surface area contributed by atoms with Crippen molar-refractivity contribution in [2.75, 3.05) is 26.5 Å². The Bertz CT molecular complexity index is 1230. The molecule has 0 saturated carbocycles. The van der Waals surface area contributed by atoms with Crippen LogP contribution in [0.5, 0.6) is 5.75 Å². The summed E-state index contributed by atoms with van der Waals surface area (Å²) >= 11 is 0. The minimum absolute atomic E-state index is 0.114. The SMILES string of the molecule is CN1CCC[C@H]1COc1cc(S(C)(=O)=O)ccc1-c1cn(C)c(=O)c2[nH]ccc12. The lowest BCUT2D eigenvalue weighted by Gasteiger charge is -2.21. The first-order valence-electron chi connectivity index (χ1n) is 9.60. The molecular weight excluding hydrogens is 390 g/mol. The molecule has 0 radical (unpaired) electrons. The summed E-state index contributed by atoms with van der Waals surface area (Å²) in [7, 11) is 0.403. The van der Waals surface area contributed by atoms with Gasteiger partial charge in [-0.1, -0.05) is 0 Å². The van der Waals surface area contributed by atoms with Crippen molar-refractivity contribution in [1.29, 1.82) is 0 Å². The summed E-state index contributed by atoms with van der Waals surface area (Å²) in [6.45, 7) is 1.52. The number of H-pyrrole nitrogens is 1. The molecule has 7 nitrogen and oxygen atoms in total. The van der Waals surface area contributed by atoms with Gasteiger partial charge in [0.05, 0.1) is 4.90 Å². The molecule has 1 aliphatic rings. The Kier molecular flexibility index (Phi) is 5.00. The van der Waals surface area contributed by atoms with E-state index in [1.54, 1.807) is 37.6 Å². The van der Waals surface area contributed by atoms with E-state index in [1.165, 1.54) is 10.8 Å². The van der Waals surface area contributed by atoms with Gasteiger partial charge in [0.1, 0.15) is 17.9 Å². The average molecular weight is 416 g/mol. The topological polar surface area (TPSA) is 84.4 Å². The number of hydrogen-bond acceptors (Lipinski definition) is 5. The zero-order chi connectivity index (χ0) is 20.8. The normalized spacial score (nSPS) is 17.8. The molecule has 1 N–H and O–H groups in total. The number of sulfone groups is 1. The van der Waals surface area contributed by atoms with Crippen molar-refractivity contribution in [3.05, 3.63) is 47.0 Å². The highest BCUT2D eigenvalue weighted by atomic mass is 32.2. The molecule has 3 heterocycles. The summed E-state index contributed by atoms with van der Waals surface area (Å²) in [6.07, 6.45) is 6.87. The molecule has 0 spiro atoms. The highest BCUT2D eigenvalue weighted by molar-refractivity contribution is 7.90. The van der Waals surface area contributed by atoms with Crippen LogP contribution < -0.4 is 10.3 Å². The van der Waals surface area contributed by atoms with Crippen LogP contribution in [0, 0.1) is 0 Å². The lowest BCUT2D eigenvalue weighted by Crippen LogP contribution is -2.30. The molecule has 154 valence electrons. The first kappa shape index (κ1) is 19.7. The smallest absolute Gasteiger partial charge is 0.274 e. The second-order valence-electron chi connectivity index (χ2n) is 7.74. The number of rotatable bonds is 5. The molecule has 2 aromatic heterocycles. The van der Waals surface area contributed by atoms with E-state index in [1.807, 2.05) is 6.07 Å². The first-order valence-corrected chi connectivity index (χ1v) is 11.5. The van der Waals surface area contributed by atoms with Gasteiger partial charge >= 0.3 is 0 Å². The number of pyridine rings is 1. The van der Waals surface area contributed by atoms with E-state index in [4.69, 9.17) is 4.74 Å². The second-order valence-corrected chi connectivity index (χ2v) is 9.76. The van der Waals surface area contributed by atoms with Crippen LogP contribution in [0.3, 0.4) is 0 Å². The van der Waals surface area contributed by atoms with Gasteiger partial charge in [0.2, 0.25) is 0 Å². The number of nitrogens with zero attached hydrogens (tertiary/aromatic N) is 2. The van der Waals surface area contributed by atoms with Crippen LogP contribution in [0.2, 0.25) is 0 Å². The minimum atomic E-state index is -3.37. The maximum absolute atomic E-state index is 12.4. The number of fused-ring (bicyclic) bond motifs is 1. The molecular formula is C21H25N3O4S. The highest BCUT2D eigenvalue weighted by Gasteiger charge is 2.23. The zero-order valence-electron chi connectivity index (χ0n) is 16.8. The van der Waals surface area contributed by atoms with Crippen LogP contribution in [0.15, 0.2) is 46.3 Å². The predicted octanol–water partition coefficient (Wildman–Crippen LogP) is 2.41. The van der Waals surface area contributed by atoms with Gasteiger partial charge in [-0.3, -0.25) is 4.79 Å². The molecule has 3 aromatic rings. The summed E-state index contributed by atoms with van der Waals surface area (Å²) in [6, 6.07) is 7.09. The number of benzene rings is 1. The number of aromatic amines is 1. The summed E-state index contributed by atoms with van der Waals surface area (Å²) in [5.74, 6) is 0.509. The molecule has 1 atom stereocenters. The van der Waals surface area contributed by atoms with Gasteiger partial charge in [0.25, 0.3) is 5.56 Å². The van der Waals surface area contributed by atoms with Crippen LogP contribution in [0.25, 0.3) is 22.0 Å². The van der Waals surface area contributed by atoms with Crippen LogP contribution in [0.4, 0.5) is 0 Å². The van der Waals surface area contributed by atoms with E-state index in [2.05, 4.69) is 16.9 Å². The Hall–Kier alpha value is -2.58. The van der Waals surface area contributed by atoms with Gasteiger partial charge in [-0.2, -0.15) is 0 Å². The third kappa shape index (κ3) is 3.70. The molecule has 0 amide bonds. The van der Waals surface area contributed by atoms with E-state index in [0.717, 1.165) is 35.9 Å². The van der Waals surface area contributed by atoms with Crippen molar-refractivity contribution < 1.29 is 13.2 Å². The van der Waals surface area contributed by atoms with Crippen molar-refractivity contribution in [1.82, 2.24) is 14.5 Å². The first-order chi connectivity index (χ1) is 13.8. The van der Waals surface area contributed by atoms with Crippen molar-refractivity contribution >= 4 is 20.7 Å². The lowest BCUT2D eigenvalue weighted by molar-refractivity contribution is 0.198. The number of aryl methyl sites for hydroxylation is 1. The van der Waals surface area contributed by atoms with Gasteiger partial charge in [-0.25, -0.2) is 8.42 Å². The fraction of sp³-hybridized carbons (Fsp3) is 0.381. The number of aromatic nitrogens is 2. The molecule has 8 heteroatoms. The van der Waals surface area contributed by atoms with Crippen molar-refractivity contribution in [3.63, 3.8) is 0 Å². The van der Waals surface area contributed by atoms with Crippen LogP contribution in [-0.4, -0.2) is 55.4 Å². The van der Waals surface area contributed by atoms with Gasteiger partial charge < -0.3 is 19.2 Å². The molecule has 1 aliphatic heterocycles. The number of likely N-dealkylation sites (N-methyl/N-ethyl adjacent to an activating group) is 1. The Balaban J connectivity index is 1.83. The highest BCUT2D eigenvalue weighted by Crippen LogP contribution is 2.36. The largest absolute Gasteiger partial charge is 0.491 e. The molecule has 1 aromatic carbocycles. The van der Waals surface area contributed by atoms with Gasteiger partial charge in [-0.05, 0) is 50.7 Å². The van der Waals surface area contributed by atoms with Gasteiger partial charge in [-0.15, -0.1) is 0 Å². The minimum Gasteiger partial charge on any atom is -0.491 e. The van der Waals surface area contributed by atoms with E-state index >= 15 is 0 Å². The Morgan fingerprint density at radius 2 is 2.00 bits per heavy atom. The van der Waals surface area contributed by atoms with Gasteiger partial charge in [0.15, 0.2) is 9.84 Å². The second kappa shape index (κ2) is 7.35. The number of likely N-dealkylation sites (tertiary alicyclic amines) is 1. The van der Waals surface area contributed by atoms with Crippen LogP contribution in [-0.2, 0) is 16.9 Å².